The van der Waals surface area contributed by atoms with Gasteiger partial charge < -0.3 is 9.47 Å². The molecule has 20 heavy (non-hydrogen) atoms. The van der Waals surface area contributed by atoms with Crippen LogP contribution >= 0.6 is 11.6 Å². The Kier molecular flexibility index (Phi) is 4.45. The van der Waals surface area contributed by atoms with Gasteiger partial charge in [0.15, 0.2) is 0 Å². The largest absolute Gasteiger partial charge is 0.496 e. The van der Waals surface area contributed by atoms with E-state index in [1.54, 1.807) is 19.4 Å². The van der Waals surface area contributed by atoms with E-state index < -0.39 is 5.82 Å². The minimum atomic E-state index is -0.504. The molecule has 0 radical (unpaired) electrons. The predicted molar refractivity (Wildman–Crippen MR) is 76.0 cm³/mol. The summed E-state index contributed by atoms with van der Waals surface area (Å²) in [5, 5.41) is 0.0728. The lowest BCUT2D eigenvalue weighted by Gasteiger charge is -2.13. The molecule has 1 aromatic carbocycles. The molecular weight excluding hydrogens is 281 g/mol. The number of aryl methyl sites for hydroxylation is 1. The van der Waals surface area contributed by atoms with E-state index >= 15 is 0 Å². The smallest absolute Gasteiger partial charge is 0.145 e. The molecule has 0 aliphatic heterocycles. The van der Waals surface area contributed by atoms with Crippen LogP contribution in [0.3, 0.4) is 0 Å². The molecule has 0 spiro atoms. The van der Waals surface area contributed by atoms with Gasteiger partial charge in [-0.15, -0.1) is 0 Å². The first-order valence-corrected chi connectivity index (χ1v) is 6.47. The highest BCUT2D eigenvalue weighted by Gasteiger charge is 2.10. The third kappa shape index (κ3) is 3.02. The summed E-state index contributed by atoms with van der Waals surface area (Å²) in [5.74, 6) is 0.698. The Balaban J connectivity index is 2.16. The third-order valence-corrected chi connectivity index (χ3v) is 3.32. The molecule has 0 fully saturated rings. The average Bonchev–Trinajstić information content (AvgIpc) is 2.42. The fourth-order valence-electron chi connectivity index (χ4n) is 1.93. The van der Waals surface area contributed by atoms with Gasteiger partial charge in [0, 0.05) is 23.4 Å². The molecule has 0 saturated carbocycles. The van der Waals surface area contributed by atoms with Gasteiger partial charge in [-0.3, -0.25) is 4.98 Å². The summed E-state index contributed by atoms with van der Waals surface area (Å²) >= 11 is 5.62. The lowest BCUT2D eigenvalue weighted by molar-refractivity contribution is 0.297. The van der Waals surface area contributed by atoms with E-state index in [0.29, 0.717) is 5.75 Å². The van der Waals surface area contributed by atoms with E-state index in [-0.39, 0.29) is 11.6 Å². The standard InChI is InChI=1S/C15H15ClFNO2/c1-9-7-18-14(10(2)15(9)19-3)8-20-11-4-5-12(16)13(17)6-11/h4-7H,8H2,1-3H3. The van der Waals surface area contributed by atoms with Crippen molar-refractivity contribution in [3.05, 3.63) is 52.1 Å². The zero-order chi connectivity index (χ0) is 14.7. The maximum atomic E-state index is 13.3. The van der Waals surface area contributed by atoms with Gasteiger partial charge in [-0.2, -0.15) is 0 Å². The number of halogens is 2. The lowest BCUT2D eigenvalue weighted by Crippen LogP contribution is -2.04. The predicted octanol–water partition coefficient (Wildman–Crippen LogP) is 4.08. The molecule has 0 amide bonds. The zero-order valence-corrected chi connectivity index (χ0v) is 12.3. The molecular formula is C15H15ClFNO2. The van der Waals surface area contributed by atoms with Crippen LogP contribution in [0, 0.1) is 19.7 Å². The van der Waals surface area contributed by atoms with Gasteiger partial charge >= 0.3 is 0 Å². The number of aromatic nitrogens is 1. The molecule has 106 valence electrons. The first-order chi connectivity index (χ1) is 9.52. The van der Waals surface area contributed by atoms with Gasteiger partial charge in [-0.05, 0) is 26.0 Å². The number of nitrogens with zero attached hydrogens (tertiary/aromatic N) is 1. The van der Waals surface area contributed by atoms with E-state index in [1.165, 1.54) is 12.1 Å². The number of methoxy groups -OCH3 is 1. The molecule has 1 heterocycles. The van der Waals surface area contributed by atoms with Crippen LogP contribution in [0.1, 0.15) is 16.8 Å². The van der Waals surface area contributed by atoms with Gasteiger partial charge in [0.2, 0.25) is 0 Å². The summed E-state index contributed by atoms with van der Waals surface area (Å²) in [7, 11) is 1.62. The van der Waals surface area contributed by atoms with Crippen LogP contribution in [-0.2, 0) is 6.61 Å². The normalized spacial score (nSPS) is 10.4. The topological polar surface area (TPSA) is 31.4 Å². The van der Waals surface area contributed by atoms with Gasteiger partial charge in [0.25, 0.3) is 0 Å². The Morgan fingerprint density at radius 1 is 1.30 bits per heavy atom. The van der Waals surface area contributed by atoms with Crippen molar-refractivity contribution in [3.63, 3.8) is 0 Å². The van der Waals surface area contributed by atoms with Gasteiger partial charge in [0.05, 0.1) is 17.8 Å². The Morgan fingerprint density at radius 2 is 2.05 bits per heavy atom. The summed E-state index contributed by atoms with van der Waals surface area (Å²) in [6.07, 6.45) is 1.73. The molecule has 0 aliphatic rings. The summed E-state index contributed by atoms with van der Waals surface area (Å²) in [4.78, 5) is 4.32. The Bertz CT molecular complexity index is 632. The first-order valence-electron chi connectivity index (χ1n) is 6.10. The van der Waals surface area contributed by atoms with E-state index in [1.807, 2.05) is 13.8 Å². The fraction of sp³-hybridized carbons (Fsp3) is 0.267. The molecule has 5 heteroatoms. The third-order valence-electron chi connectivity index (χ3n) is 3.02. The molecule has 2 aromatic rings. The maximum Gasteiger partial charge on any atom is 0.145 e. The molecule has 0 saturated heterocycles. The zero-order valence-electron chi connectivity index (χ0n) is 11.5. The van der Waals surface area contributed by atoms with Crippen molar-refractivity contribution in [2.75, 3.05) is 7.11 Å². The Labute approximate surface area is 122 Å². The number of pyridine rings is 1. The highest BCUT2D eigenvalue weighted by atomic mass is 35.5. The van der Waals surface area contributed by atoms with E-state index in [4.69, 9.17) is 21.1 Å². The summed E-state index contributed by atoms with van der Waals surface area (Å²) in [6, 6.07) is 4.33. The van der Waals surface area contributed by atoms with Crippen LogP contribution in [0.2, 0.25) is 5.02 Å². The van der Waals surface area contributed by atoms with Crippen LogP contribution < -0.4 is 9.47 Å². The quantitative estimate of drug-likeness (QED) is 0.852. The van der Waals surface area contributed by atoms with Crippen molar-refractivity contribution >= 4 is 11.6 Å². The molecule has 0 atom stereocenters. The molecule has 0 N–H and O–H groups in total. The lowest BCUT2D eigenvalue weighted by atomic mass is 10.1. The van der Waals surface area contributed by atoms with E-state index in [2.05, 4.69) is 4.98 Å². The van der Waals surface area contributed by atoms with Gasteiger partial charge in [-0.1, -0.05) is 11.6 Å². The highest BCUT2D eigenvalue weighted by molar-refractivity contribution is 6.30. The van der Waals surface area contributed by atoms with Crippen LogP contribution in [0.4, 0.5) is 4.39 Å². The second-order valence-corrected chi connectivity index (χ2v) is 4.82. The Hall–Kier alpha value is -1.81. The number of rotatable bonds is 4. The molecule has 2 rings (SSSR count). The average molecular weight is 296 g/mol. The molecule has 1 aromatic heterocycles. The number of benzene rings is 1. The van der Waals surface area contributed by atoms with Gasteiger partial charge in [-0.25, -0.2) is 4.39 Å². The molecule has 0 aliphatic carbocycles. The molecule has 0 bridgehead atoms. The monoisotopic (exact) mass is 295 g/mol. The Morgan fingerprint density at radius 3 is 2.70 bits per heavy atom. The van der Waals surface area contributed by atoms with E-state index in [0.717, 1.165) is 22.6 Å². The van der Waals surface area contributed by atoms with Crippen molar-refractivity contribution in [2.24, 2.45) is 0 Å². The first kappa shape index (κ1) is 14.6. The minimum Gasteiger partial charge on any atom is -0.496 e. The second-order valence-electron chi connectivity index (χ2n) is 4.41. The van der Waals surface area contributed by atoms with Crippen molar-refractivity contribution in [1.29, 1.82) is 0 Å². The van der Waals surface area contributed by atoms with Gasteiger partial charge in [0.1, 0.15) is 23.9 Å². The number of hydrogen-bond donors (Lipinski definition) is 0. The number of hydrogen-bond acceptors (Lipinski definition) is 3. The SMILES string of the molecule is COc1c(C)cnc(COc2ccc(Cl)c(F)c2)c1C. The summed E-state index contributed by atoms with van der Waals surface area (Å²) in [5.41, 5.74) is 2.64. The molecule has 3 nitrogen and oxygen atoms in total. The fourth-order valence-corrected chi connectivity index (χ4v) is 2.05. The van der Waals surface area contributed by atoms with E-state index in [9.17, 15) is 4.39 Å². The van der Waals surface area contributed by atoms with Crippen molar-refractivity contribution in [2.45, 2.75) is 20.5 Å². The molecule has 0 unspecified atom stereocenters. The second kappa shape index (κ2) is 6.09. The van der Waals surface area contributed by atoms with Crippen molar-refractivity contribution in [3.8, 4) is 11.5 Å². The minimum absolute atomic E-state index is 0.0728. The summed E-state index contributed by atoms with van der Waals surface area (Å²) < 4.78 is 24.2. The van der Waals surface area contributed by atoms with Crippen LogP contribution in [-0.4, -0.2) is 12.1 Å². The highest BCUT2D eigenvalue weighted by Crippen LogP contribution is 2.25. The summed E-state index contributed by atoms with van der Waals surface area (Å²) in [6.45, 7) is 4.08. The van der Waals surface area contributed by atoms with Crippen LogP contribution in [0.15, 0.2) is 24.4 Å². The van der Waals surface area contributed by atoms with Crippen LogP contribution in [0.25, 0.3) is 0 Å². The number of ether oxygens (including phenoxy) is 2. The maximum absolute atomic E-state index is 13.3. The van der Waals surface area contributed by atoms with Crippen LogP contribution in [0.5, 0.6) is 11.5 Å². The van der Waals surface area contributed by atoms with Crippen molar-refractivity contribution in [1.82, 2.24) is 4.98 Å². The van der Waals surface area contributed by atoms with Crippen molar-refractivity contribution < 1.29 is 13.9 Å².